The molecule has 90 valence electrons. The molecule has 0 fully saturated rings. The Bertz CT molecular complexity index is 522. The first-order chi connectivity index (χ1) is 7.03. The van der Waals surface area contributed by atoms with Crippen LogP contribution < -0.4 is 5.14 Å². The Kier molecular flexibility index (Phi) is 3.15. The second-order valence-electron chi connectivity index (χ2n) is 4.41. The van der Waals surface area contributed by atoms with Crippen LogP contribution in [0.1, 0.15) is 36.0 Å². The molecule has 0 aliphatic heterocycles. The van der Waals surface area contributed by atoms with Crippen molar-refractivity contribution < 1.29 is 18.3 Å². The Morgan fingerprint density at radius 1 is 1.44 bits per heavy atom. The van der Waals surface area contributed by atoms with E-state index < -0.39 is 21.4 Å². The molecule has 0 aliphatic rings. The van der Waals surface area contributed by atoms with Gasteiger partial charge in [0.25, 0.3) is 0 Å². The highest BCUT2D eigenvalue weighted by Gasteiger charge is 2.27. The number of carboxylic acids is 1. The molecule has 1 aromatic rings. The maximum atomic E-state index is 11.1. The summed E-state index contributed by atoms with van der Waals surface area (Å²) in [5.74, 6) is -1.13. The number of nitrogens with two attached hydrogens (primary N) is 1. The molecule has 3 N–H and O–H groups in total. The third kappa shape index (κ3) is 2.60. The van der Waals surface area contributed by atoms with Crippen LogP contribution in [-0.2, 0) is 15.4 Å². The van der Waals surface area contributed by atoms with Crippen molar-refractivity contribution in [2.45, 2.75) is 30.4 Å². The number of aromatic carboxylic acids is 1. The van der Waals surface area contributed by atoms with E-state index in [0.29, 0.717) is 16.9 Å². The van der Waals surface area contributed by atoms with Crippen molar-refractivity contribution in [3.05, 3.63) is 16.5 Å². The third-order valence-corrected chi connectivity index (χ3v) is 4.54. The zero-order chi connectivity index (χ0) is 12.7. The van der Waals surface area contributed by atoms with E-state index in [-0.39, 0.29) is 9.09 Å². The molecule has 0 aromatic carbocycles. The van der Waals surface area contributed by atoms with E-state index in [0.717, 1.165) is 0 Å². The lowest BCUT2D eigenvalue weighted by atomic mass is 9.87. The van der Waals surface area contributed by atoms with Gasteiger partial charge in [0.15, 0.2) is 0 Å². The van der Waals surface area contributed by atoms with Gasteiger partial charge < -0.3 is 5.11 Å². The maximum absolute atomic E-state index is 11.1. The van der Waals surface area contributed by atoms with Crippen molar-refractivity contribution in [2.75, 3.05) is 0 Å². The summed E-state index contributed by atoms with van der Waals surface area (Å²) >= 11 is 0.689. The Hall–Kier alpha value is -0.920. The van der Waals surface area contributed by atoms with Crippen molar-refractivity contribution in [1.82, 2.24) is 0 Å². The molecule has 1 heterocycles. The fraction of sp³-hybridized carbons (Fsp3) is 0.444. The topological polar surface area (TPSA) is 97.5 Å². The molecule has 0 saturated heterocycles. The van der Waals surface area contributed by atoms with Crippen LogP contribution >= 0.6 is 11.3 Å². The van der Waals surface area contributed by atoms with Crippen LogP contribution in [0.4, 0.5) is 0 Å². The van der Waals surface area contributed by atoms with Gasteiger partial charge in [-0.1, -0.05) is 20.8 Å². The van der Waals surface area contributed by atoms with E-state index in [1.54, 1.807) is 0 Å². The quantitative estimate of drug-likeness (QED) is 0.842. The minimum absolute atomic E-state index is 0.0246. The molecule has 0 aliphatic carbocycles. The molecule has 7 heteroatoms. The van der Waals surface area contributed by atoms with E-state index in [2.05, 4.69) is 0 Å². The van der Waals surface area contributed by atoms with Crippen molar-refractivity contribution in [3.8, 4) is 0 Å². The fourth-order valence-electron chi connectivity index (χ4n) is 1.22. The molecule has 1 rings (SSSR count). The number of sulfonamides is 1. The van der Waals surface area contributed by atoms with Crippen molar-refractivity contribution in [2.24, 2.45) is 5.14 Å². The molecule has 5 nitrogen and oxygen atoms in total. The maximum Gasteiger partial charge on any atom is 0.346 e. The van der Waals surface area contributed by atoms with Gasteiger partial charge in [-0.15, -0.1) is 11.3 Å². The standard InChI is InChI=1S/C9H13NO4S2/c1-9(2,3)5-4-6(16(10,13)14)15-7(5)8(11)12/h4H,1-3H3,(H,11,12)(H2,10,13,14). The zero-order valence-electron chi connectivity index (χ0n) is 9.14. The van der Waals surface area contributed by atoms with E-state index in [9.17, 15) is 13.2 Å². The van der Waals surface area contributed by atoms with Crippen molar-refractivity contribution in [3.63, 3.8) is 0 Å². The summed E-state index contributed by atoms with van der Waals surface area (Å²) in [6, 6.07) is 1.34. The number of hydrogen-bond donors (Lipinski definition) is 2. The lowest BCUT2D eigenvalue weighted by Gasteiger charge is -2.17. The number of primary sulfonamides is 1. The Morgan fingerprint density at radius 2 is 1.94 bits per heavy atom. The molecule has 0 spiro atoms. The van der Waals surface area contributed by atoms with Crippen LogP contribution in [0.2, 0.25) is 0 Å². The Morgan fingerprint density at radius 3 is 2.19 bits per heavy atom. The number of hydrogen-bond acceptors (Lipinski definition) is 4. The molecular formula is C9H13NO4S2. The average Bonchev–Trinajstić information content (AvgIpc) is 2.44. The summed E-state index contributed by atoms with van der Waals surface area (Å²) in [6.45, 7) is 5.44. The van der Waals surface area contributed by atoms with Gasteiger partial charge in [0, 0.05) is 0 Å². The van der Waals surface area contributed by atoms with Crippen LogP contribution in [0.5, 0.6) is 0 Å². The van der Waals surface area contributed by atoms with Gasteiger partial charge in [0.1, 0.15) is 9.09 Å². The van der Waals surface area contributed by atoms with Gasteiger partial charge in [-0.2, -0.15) is 0 Å². The van der Waals surface area contributed by atoms with Gasteiger partial charge in [0.05, 0.1) is 0 Å². The predicted molar refractivity (Wildman–Crippen MR) is 61.4 cm³/mol. The summed E-state index contributed by atoms with van der Waals surface area (Å²) in [5, 5.41) is 14.0. The van der Waals surface area contributed by atoms with E-state index in [1.165, 1.54) is 6.07 Å². The van der Waals surface area contributed by atoms with E-state index in [4.69, 9.17) is 10.2 Å². The molecule has 16 heavy (non-hydrogen) atoms. The van der Waals surface area contributed by atoms with E-state index >= 15 is 0 Å². The smallest absolute Gasteiger partial charge is 0.346 e. The van der Waals surface area contributed by atoms with Gasteiger partial charge in [-0.05, 0) is 17.0 Å². The lowest BCUT2D eigenvalue weighted by Crippen LogP contribution is -2.14. The first-order valence-electron chi connectivity index (χ1n) is 4.44. The Labute approximate surface area is 98.0 Å². The zero-order valence-corrected chi connectivity index (χ0v) is 10.8. The van der Waals surface area contributed by atoms with Gasteiger partial charge >= 0.3 is 5.97 Å². The predicted octanol–water partition coefficient (Wildman–Crippen LogP) is 1.39. The van der Waals surface area contributed by atoms with Crippen LogP contribution in [0.3, 0.4) is 0 Å². The molecule has 0 radical (unpaired) electrons. The minimum Gasteiger partial charge on any atom is -0.477 e. The molecule has 0 unspecified atom stereocenters. The molecule has 1 aromatic heterocycles. The molecule has 0 atom stereocenters. The molecule has 0 amide bonds. The summed E-state index contributed by atoms with van der Waals surface area (Å²) in [6.07, 6.45) is 0. The number of thiophene rings is 1. The number of rotatable bonds is 2. The van der Waals surface area contributed by atoms with Crippen LogP contribution in [0.25, 0.3) is 0 Å². The van der Waals surface area contributed by atoms with Crippen LogP contribution in [-0.4, -0.2) is 19.5 Å². The molecular weight excluding hydrogens is 250 g/mol. The second kappa shape index (κ2) is 3.83. The normalized spacial score (nSPS) is 12.8. The molecule has 0 saturated carbocycles. The largest absolute Gasteiger partial charge is 0.477 e. The SMILES string of the molecule is CC(C)(C)c1cc(S(N)(=O)=O)sc1C(=O)O. The van der Waals surface area contributed by atoms with Crippen LogP contribution in [0, 0.1) is 0 Å². The second-order valence-corrected chi connectivity index (χ2v) is 7.25. The number of carboxylic acid groups (broad SMARTS) is 1. The highest BCUT2D eigenvalue weighted by molar-refractivity contribution is 7.91. The molecule has 0 bridgehead atoms. The van der Waals surface area contributed by atoms with E-state index in [1.807, 2.05) is 20.8 Å². The van der Waals surface area contributed by atoms with Crippen molar-refractivity contribution >= 4 is 27.3 Å². The summed E-state index contributed by atoms with van der Waals surface area (Å²) < 4.78 is 22.2. The first-order valence-corrected chi connectivity index (χ1v) is 6.80. The monoisotopic (exact) mass is 263 g/mol. The highest BCUT2D eigenvalue weighted by atomic mass is 32.2. The van der Waals surface area contributed by atoms with Gasteiger partial charge in [-0.25, -0.2) is 18.4 Å². The lowest BCUT2D eigenvalue weighted by molar-refractivity contribution is 0.0699. The fourth-order valence-corrected chi connectivity index (χ4v) is 3.16. The summed E-state index contributed by atoms with van der Waals surface area (Å²) in [7, 11) is -3.84. The van der Waals surface area contributed by atoms with Crippen molar-refractivity contribution in [1.29, 1.82) is 0 Å². The minimum atomic E-state index is -3.84. The van der Waals surface area contributed by atoms with Gasteiger partial charge in [0.2, 0.25) is 10.0 Å². The highest BCUT2D eigenvalue weighted by Crippen LogP contribution is 2.34. The number of carbonyl (C=O) groups is 1. The average molecular weight is 263 g/mol. The van der Waals surface area contributed by atoms with Crippen LogP contribution in [0.15, 0.2) is 10.3 Å². The summed E-state index contributed by atoms with van der Waals surface area (Å²) in [4.78, 5) is 11.0. The first kappa shape index (κ1) is 13.1. The third-order valence-electron chi connectivity index (χ3n) is 1.99. The van der Waals surface area contributed by atoms with Gasteiger partial charge in [-0.3, -0.25) is 0 Å². The Balaban J connectivity index is 3.50. The summed E-state index contributed by atoms with van der Waals surface area (Å²) in [5.41, 5.74) is 0.0432.